The first-order chi connectivity index (χ1) is 6.75. The summed E-state index contributed by atoms with van der Waals surface area (Å²) >= 11 is 0. The van der Waals surface area contributed by atoms with Gasteiger partial charge in [-0.05, 0) is 37.1 Å². The Morgan fingerprint density at radius 2 is 1.93 bits per heavy atom. The number of aliphatic hydroxyl groups is 1. The molecule has 2 unspecified atom stereocenters. The van der Waals surface area contributed by atoms with E-state index < -0.39 is 0 Å². The maximum atomic E-state index is 12.7. The maximum absolute atomic E-state index is 12.7. The average molecular weight is 232 g/mol. The van der Waals surface area contributed by atoms with Gasteiger partial charge in [0.15, 0.2) is 0 Å². The molecule has 15 heavy (non-hydrogen) atoms. The van der Waals surface area contributed by atoms with Gasteiger partial charge in [-0.3, -0.25) is 0 Å². The number of hydrogen-bond donors (Lipinski definition) is 2. The molecule has 2 nitrogen and oxygen atoms in total. The quantitative estimate of drug-likeness (QED) is 0.775. The van der Waals surface area contributed by atoms with E-state index in [1.54, 1.807) is 12.1 Å². The van der Waals surface area contributed by atoms with Gasteiger partial charge in [0.25, 0.3) is 0 Å². The van der Waals surface area contributed by atoms with Gasteiger partial charge in [-0.1, -0.05) is 12.1 Å². The predicted molar refractivity (Wildman–Crippen MR) is 59.6 cm³/mol. The minimum atomic E-state index is -0.230. The lowest BCUT2D eigenvalue weighted by Gasteiger charge is -2.27. The predicted octanol–water partition coefficient (Wildman–Crippen LogP) is 2.03. The highest BCUT2D eigenvalue weighted by Crippen LogP contribution is 2.23. The Balaban J connectivity index is 0.00000112. The highest BCUT2D eigenvalue weighted by Gasteiger charge is 2.20. The zero-order chi connectivity index (χ0) is 9.97. The van der Waals surface area contributed by atoms with Crippen LogP contribution in [0.1, 0.15) is 24.4 Å². The Labute approximate surface area is 94.9 Å². The van der Waals surface area contributed by atoms with Crippen LogP contribution in [0.4, 0.5) is 4.39 Å². The molecule has 0 amide bonds. The van der Waals surface area contributed by atoms with E-state index in [4.69, 9.17) is 0 Å². The number of halogens is 2. The van der Waals surface area contributed by atoms with Crippen LogP contribution in [0.2, 0.25) is 0 Å². The molecule has 0 aromatic heterocycles. The second-order valence-electron chi connectivity index (χ2n) is 3.74. The summed E-state index contributed by atoms with van der Waals surface area (Å²) in [6.45, 7) is 0.823. The zero-order valence-electron chi connectivity index (χ0n) is 8.32. The Bertz CT molecular complexity index is 304. The van der Waals surface area contributed by atoms with Crippen molar-refractivity contribution in [3.8, 4) is 0 Å². The molecule has 1 aliphatic rings. The number of aliphatic hydroxyl groups excluding tert-OH is 1. The van der Waals surface area contributed by atoms with Gasteiger partial charge >= 0.3 is 0 Å². The van der Waals surface area contributed by atoms with E-state index in [1.807, 2.05) is 0 Å². The molecule has 0 aliphatic carbocycles. The van der Waals surface area contributed by atoms with Gasteiger partial charge in [-0.15, -0.1) is 12.4 Å². The molecule has 0 radical (unpaired) electrons. The third-order valence-corrected chi connectivity index (χ3v) is 2.65. The Morgan fingerprint density at radius 3 is 2.53 bits per heavy atom. The first-order valence-electron chi connectivity index (χ1n) is 4.92. The van der Waals surface area contributed by atoms with Gasteiger partial charge in [0.05, 0.1) is 6.10 Å². The zero-order valence-corrected chi connectivity index (χ0v) is 9.14. The molecular formula is C11H15ClFNO. The van der Waals surface area contributed by atoms with Crippen LogP contribution in [0.15, 0.2) is 24.3 Å². The summed E-state index contributed by atoms with van der Waals surface area (Å²) in [6, 6.07) is 6.62. The van der Waals surface area contributed by atoms with Gasteiger partial charge in [0.1, 0.15) is 5.82 Å². The molecule has 1 aromatic rings. The van der Waals surface area contributed by atoms with Gasteiger partial charge in [-0.2, -0.15) is 0 Å². The normalized spacial score (nSPS) is 25.7. The lowest BCUT2D eigenvalue weighted by atomic mass is 9.96. The molecule has 0 saturated carbocycles. The van der Waals surface area contributed by atoms with Crippen molar-refractivity contribution in [1.82, 2.24) is 5.32 Å². The van der Waals surface area contributed by atoms with Crippen molar-refractivity contribution in [2.45, 2.75) is 25.0 Å². The highest BCUT2D eigenvalue weighted by molar-refractivity contribution is 5.85. The van der Waals surface area contributed by atoms with Crippen molar-refractivity contribution in [2.24, 2.45) is 0 Å². The fourth-order valence-corrected chi connectivity index (χ4v) is 1.85. The van der Waals surface area contributed by atoms with Gasteiger partial charge in [-0.25, -0.2) is 4.39 Å². The van der Waals surface area contributed by atoms with Crippen LogP contribution in [0.5, 0.6) is 0 Å². The molecule has 1 saturated heterocycles. The van der Waals surface area contributed by atoms with E-state index in [9.17, 15) is 9.50 Å². The van der Waals surface area contributed by atoms with Crippen LogP contribution < -0.4 is 5.32 Å². The van der Waals surface area contributed by atoms with Crippen LogP contribution in [0.25, 0.3) is 0 Å². The van der Waals surface area contributed by atoms with Crippen LogP contribution in [0, 0.1) is 5.82 Å². The van der Waals surface area contributed by atoms with Crippen molar-refractivity contribution < 1.29 is 9.50 Å². The maximum Gasteiger partial charge on any atom is 0.123 e. The minimum absolute atomic E-state index is 0. The molecule has 0 spiro atoms. The summed E-state index contributed by atoms with van der Waals surface area (Å²) in [5, 5.41) is 12.8. The Morgan fingerprint density at radius 1 is 1.27 bits per heavy atom. The monoisotopic (exact) mass is 231 g/mol. The van der Waals surface area contributed by atoms with Gasteiger partial charge < -0.3 is 10.4 Å². The number of piperidine rings is 1. The summed E-state index contributed by atoms with van der Waals surface area (Å²) in [5.41, 5.74) is 1.05. The van der Waals surface area contributed by atoms with E-state index >= 15 is 0 Å². The van der Waals surface area contributed by atoms with Crippen molar-refractivity contribution in [3.05, 3.63) is 35.6 Å². The summed E-state index contributed by atoms with van der Waals surface area (Å²) in [7, 11) is 0. The smallest absolute Gasteiger partial charge is 0.123 e. The second-order valence-corrected chi connectivity index (χ2v) is 3.74. The molecule has 4 heteroatoms. The summed E-state index contributed by atoms with van der Waals surface area (Å²) in [5.74, 6) is -0.217. The van der Waals surface area contributed by atoms with Crippen molar-refractivity contribution in [3.63, 3.8) is 0 Å². The van der Waals surface area contributed by atoms with Crippen molar-refractivity contribution >= 4 is 12.4 Å². The summed E-state index contributed by atoms with van der Waals surface area (Å²) < 4.78 is 12.7. The second kappa shape index (κ2) is 5.45. The SMILES string of the molecule is Cl.OC1CCNC(c2ccc(F)cc2)C1. The lowest BCUT2D eigenvalue weighted by Crippen LogP contribution is -2.34. The fraction of sp³-hybridized carbons (Fsp3) is 0.455. The molecule has 1 aliphatic heterocycles. The topological polar surface area (TPSA) is 32.3 Å². The molecule has 1 fully saturated rings. The fourth-order valence-electron chi connectivity index (χ4n) is 1.85. The molecule has 84 valence electrons. The number of nitrogens with one attached hydrogen (secondary N) is 1. The molecule has 0 bridgehead atoms. The Kier molecular flexibility index (Phi) is 4.51. The van der Waals surface area contributed by atoms with E-state index in [2.05, 4.69) is 5.32 Å². The first kappa shape index (κ1) is 12.4. The average Bonchev–Trinajstić information content (AvgIpc) is 2.19. The third-order valence-electron chi connectivity index (χ3n) is 2.65. The Hall–Kier alpha value is -0.640. The van der Waals surface area contributed by atoms with Crippen LogP contribution in [-0.2, 0) is 0 Å². The largest absolute Gasteiger partial charge is 0.393 e. The third kappa shape index (κ3) is 3.16. The lowest BCUT2D eigenvalue weighted by molar-refractivity contribution is 0.116. The minimum Gasteiger partial charge on any atom is -0.393 e. The van der Waals surface area contributed by atoms with E-state index in [0.29, 0.717) is 6.42 Å². The molecular weight excluding hydrogens is 217 g/mol. The van der Waals surface area contributed by atoms with Crippen molar-refractivity contribution in [1.29, 1.82) is 0 Å². The molecule has 2 rings (SSSR count). The van der Waals surface area contributed by atoms with Gasteiger partial charge in [0.2, 0.25) is 0 Å². The molecule has 1 aromatic carbocycles. The first-order valence-corrected chi connectivity index (χ1v) is 4.92. The van der Waals surface area contributed by atoms with E-state index in [-0.39, 0.29) is 30.4 Å². The number of rotatable bonds is 1. The summed E-state index contributed by atoms with van der Waals surface area (Å²) in [4.78, 5) is 0. The standard InChI is InChI=1S/C11H14FNO.ClH/c12-9-3-1-8(2-4-9)11-7-10(14)5-6-13-11;/h1-4,10-11,13-14H,5-7H2;1H. The van der Waals surface area contributed by atoms with Gasteiger partial charge in [0, 0.05) is 6.04 Å². The molecule has 2 atom stereocenters. The molecule has 2 N–H and O–H groups in total. The highest BCUT2D eigenvalue weighted by atomic mass is 35.5. The van der Waals surface area contributed by atoms with Crippen LogP contribution >= 0.6 is 12.4 Å². The van der Waals surface area contributed by atoms with E-state index in [0.717, 1.165) is 18.5 Å². The van der Waals surface area contributed by atoms with Crippen molar-refractivity contribution in [2.75, 3.05) is 6.54 Å². The molecule has 1 heterocycles. The number of benzene rings is 1. The van der Waals surface area contributed by atoms with Crippen LogP contribution in [-0.4, -0.2) is 17.8 Å². The summed E-state index contributed by atoms with van der Waals surface area (Å²) in [6.07, 6.45) is 1.29. The van der Waals surface area contributed by atoms with Crippen LogP contribution in [0.3, 0.4) is 0 Å². The van der Waals surface area contributed by atoms with E-state index in [1.165, 1.54) is 12.1 Å². The number of hydrogen-bond acceptors (Lipinski definition) is 2.